The Morgan fingerprint density at radius 3 is 2.42 bits per heavy atom. The number of benzene rings is 1. The number of rotatable bonds is 5. The molecule has 2 unspecified atom stereocenters. The van der Waals surface area contributed by atoms with E-state index >= 15 is 0 Å². The van der Waals surface area contributed by atoms with E-state index in [0.29, 0.717) is 5.56 Å². The molecule has 0 bridgehead atoms. The van der Waals surface area contributed by atoms with Crippen LogP contribution in [0.15, 0.2) is 29.4 Å². The topological polar surface area (TPSA) is 96.9 Å². The second-order valence-electron chi connectivity index (χ2n) is 4.24. The number of oxime groups is 1. The number of esters is 1. The maximum Gasteiger partial charge on any atom is 0.322 e. The molecule has 104 valence electrons. The zero-order valence-electron chi connectivity index (χ0n) is 11.3. The van der Waals surface area contributed by atoms with Crippen LogP contribution < -0.4 is 11.1 Å². The molecule has 2 atom stereocenters. The Kier molecular flexibility index (Phi) is 5.32. The predicted octanol–water partition coefficient (Wildman–Crippen LogP) is 0.993. The largest absolute Gasteiger partial charge is 0.468 e. The van der Waals surface area contributed by atoms with Gasteiger partial charge in [0.05, 0.1) is 7.11 Å². The van der Waals surface area contributed by atoms with Gasteiger partial charge >= 0.3 is 5.97 Å². The van der Waals surface area contributed by atoms with Gasteiger partial charge in [-0.05, 0) is 19.4 Å². The monoisotopic (exact) mass is 265 g/mol. The third kappa shape index (κ3) is 3.96. The predicted molar refractivity (Wildman–Crippen MR) is 72.0 cm³/mol. The lowest BCUT2D eigenvalue weighted by Crippen LogP contribution is -2.36. The van der Waals surface area contributed by atoms with E-state index in [1.54, 1.807) is 19.1 Å². The highest BCUT2D eigenvalue weighted by Gasteiger charge is 2.16. The number of nitrogens with zero attached hydrogens (tertiary/aromatic N) is 1. The summed E-state index contributed by atoms with van der Waals surface area (Å²) in [4.78, 5) is 11.3. The van der Waals surface area contributed by atoms with Gasteiger partial charge in [-0.25, -0.2) is 0 Å². The lowest BCUT2D eigenvalue weighted by molar-refractivity contribution is -0.142. The molecule has 0 fully saturated rings. The van der Waals surface area contributed by atoms with Crippen LogP contribution in [0.5, 0.6) is 0 Å². The van der Waals surface area contributed by atoms with Gasteiger partial charge in [-0.2, -0.15) is 0 Å². The summed E-state index contributed by atoms with van der Waals surface area (Å²) in [6.45, 7) is 3.69. The summed E-state index contributed by atoms with van der Waals surface area (Å²) in [6.07, 6.45) is 0. The molecule has 6 heteroatoms. The molecule has 0 aromatic heterocycles. The molecule has 0 radical (unpaired) electrons. The van der Waals surface area contributed by atoms with Gasteiger partial charge in [0.1, 0.15) is 6.04 Å². The summed E-state index contributed by atoms with van der Waals surface area (Å²) in [6, 6.07) is 6.82. The van der Waals surface area contributed by atoms with Gasteiger partial charge < -0.3 is 15.7 Å². The summed E-state index contributed by atoms with van der Waals surface area (Å²) in [5.74, 6) is -0.241. The minimum Gasteiger partial charge on any atom is -0.468 e. The van der Waals surface area contributed by atoms with Crippen LogP contribution >= 0.6 is 0 Å². The Bertz CT molecular complexity index is 457. The van der Waals surface area contributed by atoms with Crippen LogP contribution in [0.2, 0.25) is 0 Å². The average Bonchev–Trinajstić information content (AvgIpc) is 2.45. The van der Waals surface area contributed by atoms with E-state index in [1.165, 1.54) is 7.11 Å². The molecule has 0 amide bonds. The van der Waals surface area contributed by atoms with E-state index in [9.17, 15) is 4.79 Å². The molecule has 0 aliphatic heterocycles. The summed E-state index contributed by atoms with van der Waals surface area (Å²) in [7, 11) is 1.36. The van der Waals surface area contributed by atoms with Crippen molar-refractivity contribution >= 4 is 11.8 Å². The minimum atomic E-state index is -0.385. The third-order valence-corrected chi connectivity index (χ3v) is 2.87. The van der Waals surface area contributed by atoms with Crippen molar-refractivity contribution in [3.8, 4) is 0 Å². The highest BCUT2D eigenvalue weighted by Crippen LogP contribution is 2.14. The fraction of sp³-hybridized carbons (Fsp3) is 0.385. The van der Waals surface area contributed by atoms with E-state index < -0.39 is 0 Å². The van der Waals surface area contributed by atoms with Gasteiger partial charge in [0.2, 0.25) is 0 Å². The van der Waals surface area contributed by atoms with Crippen LogP contribution in [0.3, 0.4) is 0 Å². The lowest BCUT2D eigenvalue weighted by atomic mass is 10.0. The van der Waals surface area contributed by atoms with Crippen molar-refractivity contribution < 1.29 is 14.7 Å². The van der Waals surface area contributed by atoms with Crippen LogP contribution in [-0.4, -0.2) is 30.2 Å². The standard InChI is InChI=1S/C13H19N3O3/c1-8(15-9(2)13(17)19-3)10-4-6-11(7-5-10)12(14)16-18/h4-9,15,18H,1-3H3,(H2,14,16). The van der Waals surface area contributed by atoms with E-state index in [2.05, 4.69) is 15.2 Å². The third-order valence-electron chi connectivity index (χ3n) is 2.87. The molecule has 0 saturated carbocycles. The quantitative estimate of drug-likeness (QED) is 0.242. The molecule has 1 rings (SSSR count). The van der Waals surface area contributed by atoms with Crippen molar-refractivity contribution in [1.29, 1.82) is 0 Å². The number of ether oxygens (including phenoxy) is 1. The maximum absolute atomic E-state index is 11.3. The number of hydrogen-bond acceptors (Lipinski definition) is 5. The smallest absolute Gasteiger partial charge is 0.322 e. The zero-order valence-corrected chi connectivity index (χ0v) is 11.3. The van der Waals surface area contributed by atoms with E-state index in [4.69, 9.17) is 10.9 Å². The summed E-state index contributed by atoms with van der Waals surface area (Å²) >= 11 is 0. The van der Waals surface area contributed by atoms with E-state index in [-0.39, 0.29) is 23.9 Å². The van der Waals surface area contributed by atoms with E-state index in [0.717, 1.165) is 5.56 Å². The number of carbonyl (C=O) groups excluding carboxylic acids is 1. The summed E-state index contributed by atoms with van der Waals surface area (Å²) in [5.41, 5.74) is 7.11. The van der Waals surface area contributed by atoms with Gasteiger partial charge in [-0.3, -0.25) is 10.1 Å². The zero-order chi connectivity index (χ0) is 14.4. The fourth-order valence-corrected chi connectivity index (χ4v) is 1.72. The first-order valence-corrected chi connectivity index (χ1v) is 5.91. The second-order valence-corrected chi connectivity index (χ2v) is 4.24. The Labute approximate surface area is 112 Å². The number of nitrogens with one attached hydrogen (secondary N) is 1. The van der Waals surface area contributed by atoms with Crippen LogP contribution in [-0.2, 0) is 9.53 Å². The molecule has 19 heavy (non-hydrogen) atoms. The molecule has 0 spiro atoms. The Morgan fingerprint density at radius 1 is 1.37 bits per heavy atom. The van der Waals surface area contributed by atoms with Crippen molar-refractivity contribution in [2.75, 3.05) is 7.11 Å². The van der Waals surface area contributed by atoms with Crippen molar-refractivity contribution in [2.45, 2.75) is 25.9 Å². The number of hydrogen-bond donors (Lipinski definition) is 3. The number of carbonyl (C=O) groups is 1. The minimum absolute atomic E-state index is 0.0181. The van der Waals surface area contributed by atoms with Crippen LogP contribution in [0.4, 0.5) is 0 Å². The SMILES string of the molecule is COC(=O)C(C)NC(C)c1ccc(C(N)=NO)cc1. The highest BCUT2D eigenvalue weighted by molar-refractivity contribution is 5.96. The van der Waals surface area contributed by atoms with Crippen LogP contribution in [0.1, 0.15) is 31.0 Å². The second kappa shape index (κ2) is 6.75. The molecular weight excluding hydrogens is 246 g/mol. The number of methoxy groups -OCH3 is 1. The fourth-order valence-electron chi connectivity index (χ4n) is 1.72. The molecule has 6 nitrogen and oxygen atoms in total. The molecule has 0 heterocycles. The van der Waals surface area contributed by atoms with Gasteiger partial charge in [0.25, 0.3) is 0 Å². The van der Waals surface area contributed by atoms with Gasteiger partial charge in [-0.15, -0.1) is 0 Å². The first-order chi connectivity index (χ1) is 8.99. The van der Waals surface area contributed by atoms with Crippen molar-refractivity contribution in [1.82, 2.24) is 5.32 Å². The lowest BCUT2D eigenvalue weighted by Gasteiger charge is -2.18. The first kappa shape index (κ1) is 15.0. The molecule has 0 aliphatic rings. The van der Waals surface area contributed by atoms with Crippen molar-refractivity contribution in [3.05, 3.63) is 35.4 Å². The molecule has 1 aromatic rings. The number of amidine groups is 1. The van der Waals surface area contributed by atoms with Gasteiger partial charge in [0.15, 0.2) is 5.84 Å². The average molecular weight is 265 g/mol. The highest BCUT2D eigenvalue weighted by atomic mass is 16.5. The normalized spacial score (nSPS) is 14.8. The molecule has 4 N–H and O–H groups in total. The first-order valence-electron chi connectivity index (χ1n) is 5.91. The molecule has 0 aliphatic carbocycles. The van der Waals surface area contributed by atoms with Crippen LogP contribution in [0, 0.1) is 0 Å². The maximum atomic E-state index is 11.3. The van der Waals surface area contributed by atoms with Crippen molar-refractivity contribution in [3.63, 3.8) is 0 Å². The van der Waals surface area contributed by atoms with Gasteiger partial charge in [-0.1, -0.05) is 29.4 Å². The summed E-state index contributed by atoms with van der Waals surface area (Å²) in [5, 5.41) is 14.6. The molecule has 1 aromatic carbocycles. The van der Waals surface area contributed by atoms with Crippen LogP contribution in [0.25, 0.3) is 0 Å². The number of nitrogens with two attached hydrogens (primary N) is 1. The Morgan fingerprint density at radius 2 is 1.95 bits per heavy atom. The molecule has 0 saturated heterocycles. The Balaban J connectivity index is 2.73. The van der Waals surface area contributed by atoms with E-state index in [1.807, 2.05) is 19.1 Å². The summed E-state index contributed by atoms with van der Waals surface area (Å²) < 4.78 is 4.65. The Hall–Kier alpha value is -2.08. The van der Waals surface area contributed by atoms with Crippen molar-refractivity contribution in [2.24, 2.45) is 10.9 Å². The van der Waals surface area contributed by atoms with Gasteiger partial charge in [0, 0.05) is 11.6 Å². The molecular formula is C13H19N3O3.